The monoisotopic (exact) mass is 337 g/mol. The zero-order chi connectivity index (χ0) is 17.2. The van der Waals surface area contributed by atoms with Crippen molar-refractivity contribution < 1.29 is 23.8 Å². The van der Waals surface area contributed by atoms with Crippen LogP contribution in [0, 0.1) is 5.82 Å². The maximum absolute atomic E-state index is 13.0. The number of rotatable bonds is 3. The molecule has 1 aromatic rings. The van der Waals surface area contributed by atoms with Crippen LogP contribution in [-0.4, -0.2) is 60.5 Å². The summed E-state index contributed by atoms with van der Waals surface area (Å²) in [4.78, 5) is 14.3. The van der Waals surface area contributed by atoms with Gasteiger partial charge in [0.15, 0.2) is 0 Å². The molecule has 0 saturated carbocycles. The van der Waals surface area contributed by atoms with E-state index in [2.05, 4.69) is 0 Å². The Balaban J connectivity index is 1.63. The van der Waals surface area contributed by atoms with E-state index in [4.69, 9.17) is 9.47 Å². The molecule has 0 aliphatic carbocycles. The molecule has 2 aliphatic rings. The highest BCUT2D eigenvalue weighted by atomic mass is 19.1. The highest BCUT2D eigenvalue weighted by molar-refractivity contribution is 5.94. The van der Waals surface area contributed by atoms with E-state index in [9.17, 15) is 14.3 Å². The van der Waals surface area contributed by atoms with E-state index in [1.807, 2.05) is 0 Å². The molecule has 5 nitrogen and oxygen atoms in total. The highest BCUT2D eigenvalue weighted by Gasteiger charge is 2.47. The Kier molecular flexibility index (Phi) is 4.90. The number of hydrogen-bond acceptors (Lipinski definition) is 4. The lowest BCUT2D eigenvalue weighted by Crippen LogP contribution is -2.56. The van der Waals surface area contributed by atoms with Crippen molar-refractivity contribution in [1.29, 1.82) is 0 Å². The van der Waals surface area contributed by atoms with Gasteiger partial charge in [-0.2, -0.15) is 0 Å². The quantitative estimate of drug-likeness (QED) is 0.916. The molecule has 0 aromatic heterocycles. The maximum atomic E-state index is 13.0. The van der Waals surface area contributed by atoms with Gasteiger partial charge in [0.25, 0.3) is 5.91 Å². The molecule has 1 unspecified atom stereocenters. The Morgan fingerprint density at radius 2 is 1.96 bits per heavy atom. The number of aliphatic hydroxyl groups is 1. The van der Waals surface area contributed by atoms with Crippen LogP contribution in [0.4, 0.5) is 4.39 Å². The van der Waals surface area contributed by atoms with Crippen molar-refractivity contribution in [3.8, 4) is 0 Å². The molecule has 24 heavy (non-hydrogen) atoms. The number of halogens is 1. The third-order valence-corrected chi connectivity index (χ3v) is 5.09. The van der Waals surface area contributed by atoms with E-state index in [1.165, 1.54) is 24.3 Å². The lowest BCUT2D eigenvalue weighted by Gasteiger charge is -2.49. The lowest BCUT2D eigenvalue weighted by molar-refractivity contribution is -0.189. The zero-order valence-corrected chi connectivity index (χ0v) is 14.0. The summed E-state index contributed by atoms with van der Waals surface area (Å²) in [5.74, 6) is -0.440. The maximum Gasteiger partial charge on any atom is 0.253 e. The van der Waals surface area contributed by atoms with Crippen LogP contribution < -0.4 is 0 Å². The molecule has 2 saturated heterocycles. The van der Waals surface area contributed by atoms with Gasteiger partial charge in [0.2, 0.25) is 0 Å². The van der Waals surface area contributed by atoms with Gasteiger partial charge in [0, 0.05) is 38.6 Å². The number of amides is 1. The molecule has 2 heterocycles. The van der Waals surface area contributed by atoms with Crippen LogP contribution in [-0.2, 0) is 9.47 Å². The first-order valence-corrected chi connectivity index (χ1v) is 8.36. The number of piperidine rings is 1. The average Bonchev–Trinajstić information content (AvgIpc) is 2.55. The van der Waals surface area contributed by atoms with E-state index >= 15 is 0 Å². The third kappa shape index (κ3) is 3.61. The number of methoxy groups -OCH3 is 1. The van der Waals surface area contributed by atoms with Gasteiger partial charge in [-0.05, 0) is 37.1 Å². The van der Waals surface area contributed by atoms with E-state index in [1.54, 1.807) is 12.0 Å². The average molecular weight is 337 g/mol. The van der Waals surface area contributed by atoms with E-state index < -0.39 is 5.60 Å². The molecular formula is C18H24FNO4. The summed E-state index contributed by atoms with van der Waals surface area (Å²) in [5, 5.41) is 10.6. The van der Waals surface area contributed by atoms with Gasteiger partial charge < -0.3 is 19.5 Å². The van der Waals surface area contributed by atoms with Gasteiger partial charge in [-0.3, -0.25) is 4.79 Å². The number of likely N-dealkylation sites (tertiary alicyclic amines) is 1. The van der Waals surface area contributed by atoms with Crippen molar-refractivity contribution in [3.05, 3.63) is 35.6 Å². The largest absolute Gasteiger partial charge is 0.387 e. The summed E-state index contributed by atoms with van der Waals surface area (Å²) in [7, 11) is 1.59. The van der Waals surface area contributed by atoms with Crippen LogP contribution in [0.25, 0.3) is 0 Å². The zero-order valence-electron chi connectivity index (χ0n) is 14.0. The predicted molar refractivity (Wildman–Crippen MR) is 86.3 cm³/mol. The summed E-state index contributed by atoms with van der Waals surface area (Å²) < 4.78 is 24.1. The SMILES string of the molecule is COCC1(O)CCOC2(CCN(C(=O)c3ccc(F)cc3)CC2)C1. The first-order chi connectivity index (χ1) is 11.5. The molecule has 1 N–H and O–H groups in total. The number of nitrogens with zero attached hydrogens (tertiary/aromatic N) is 1. The van der Waals surface area contributed by atoms with Crippen LogP contribution in [0.1, 0.15) is 36.0 Å². The molecule has 0 bridgehead atoms. The second-order valence-corrected chi connectivity index (χ2v) is 6.91. The molecule has 1 amide bonds. The Bertz CT molecular complexity index is 579. The lowest BCUT2D eigenvalue weighted by atomic mass is 9.77. The molecule has 3 rings (SSSR count). The van der Waals surface area contributed by atoms with Crippen LogP contribution in [0.15, 0.2) is 24.3 Å². The summed E-state index contributed by atoms with van der Waals surface area (Å²) in [5.41, 5.74) is -0.742. The minimum atomic E-state index is -0.851. The molecule has 1 aromatic carbocycles. The van der Waals surface area contributed by atoms with Crippen molar-refractivity contribution in [2.75, 3.05) is 33.4 Å². The molecule has 6 heteroatoms. The number of carbonyl (C=O) groups excluding carboxylic acids is 1. The first kappa shape index (κ1) is 17.3. The standard InChI is InChI=1S/C18H24FNO4/c1-23-13-17(22)8-11-24-18(12-17)6-9-20(10-7-18)16(21)14-2-4-15(19)5-3-14/h2-5,22H,6-13H2,1H3. The summed E-state index contributed by atoms with van der Waals surface area (Å²) in [6.07, 6.45) is 2.48. The summed E-state index contributed by atoms with van der Waals surface area (Å²) in [6.45, 7) is 1.95. The Hall–Kier alpha value is -1.50. The molecule has 1 spiro atoms. The third-order valence-electron chi connectivity index (χ3n) is 5.09. The van der Waals surface area contributed by atoms with Crippen LogP contribution in [0.3, 0.4) is 0 Å². The number of ether oxygens (including phenoxy) is 2. The number of benzene rings is 1. The van der Waals surface area contributed by atoms with E-state index in [0.29, 0.717) is 57.6 Å². The van der Waals surface area contributed by atoms with E-state index in [-0.39, 0.29) is 17.3 Å². The summed E-state index contributed by atoms with van der Waals surface area (Å²) >= 11 is 0. The Morgan fingerprint density at radius 1 is 1.29 bits per heavy atom. The second kappa shape index (κ2) is 6.78. The van der Waals surface area contributed by atoms with Gasteiger partial charge >= 0.3 is 0 Å². The number of carbonyl (C=O) groups is 1. The van der Waals surface area contributed by atoms with Crippen molar-refractivity contribution in [3.63, 3.8) is 0 Å². The van der Waals surface area contributed by atoms with Gasteiger partial charge in [-0.15, -0.1) is 0 Å². The Labute approximate surface area is 141 Å². The van der Waals surface area contributed by atoms with Crippen molar-refractivity contribution in [2.45, 2.75) is 36.9 Å². The van der Waals surface area contributed by atoms with Crippen LogP contribution >= 0.6 is 0 Å². The van der Waals surface area contributed by atoms with Crippen molar-refractivity contribution in [1.82, 2.24) is 4.90 Å². The molecule has 2 aliphatic heterocycles. The van der Waals surface area contributed by atoms with Crippen LogP contribution in [0.2, 0.25) is 0 Å². The topological polar surface area (TPSA) is 59.0 Å². The summed E-state index contributed by atoms with van der Waals surface area (Å²) in [6, 6.07) is 5.62. The van der Waals surface area contributed by atoms with Gasteiger partial charge in [-0.1, -0.05) is 0 Å². The first-order valence-electron chi connectivity index (χ1n) is 8.36. The number of hydrogen-bond donors (Lipinski definition) is 1. The fraction of sp³-hybridized carbons (Fsp3) is 0.611. The molecule has 132 valence electrons. The fourth-order valence-electron chi connectivity index (χ4n) is 3.80. The smallest absolute Gasteiger partial charge is 0.253 e. The van der Waals surface area contributed by atoms with Gasteiger partial charge in [0.05, 0.1) is 24.4 Å². The highest BCUT2D eigenvalue weighted by Crippen LogP contribution is 2.39. The molecular weight excluding hydrogens is 313 g/mol. The van der Waals surface area contributed by atoms with Crippen molar-refractivity contribution >= 4 is 5.91 Å². The molecule has 0 radical (unpaired) electrons. The molecule has 1 atom stereocenters. The second-order valence-electron chi connectivity index (χ2n) is 6.91. The van der Waals surface area contributed by atoms with Gasteiger partial charge in [-0.25, -0.2) is 4.39 Å². The minimum absolute atomic E-state index is 0.0900. The predicted octanol–water partition coefficient (Wildman–Crippen LogP) is 1.99. The van der Waals surface area contributed by atoms with Crippen molar-refractivity contribution in [2.24, 2.45) is 0 Å². The molecule has 2 fully saturated rings. The fourth-order valence-corrected chi connectivity index (χ4v) is 3.80. The van der Waals surface area contributed by atoms with Crippen LogP contribution in [0.5, 0.6) is 0 Å². The van der Waals surface area contributed by atoms with Gasteiger partial charge in [0.1, 0.15) is 5.82 Å². The normalized spacial score (nSPS) is 26.5. The Morgan fingerprint density at radius 3 is 2.58 bits per heavy atom. The minimum Gasteiger partial charge on any atom is -0.387 e. The van der Waals surface area contributed by atoms with E-state index in [0.717, 1.165) is 0 Å².